The van der Waals surface area contributed by atoms with Crippen molar-refractivity contribution >= 4 is 17.8 Å². The van der Waals surface area contributed by atoms with Crippen LogP contribution in [-0.4, -0.2) is 23.7 Å². The van der Waals surface area contributed by atoms with Gasteiger partial charge in [-0.15, -0.1) is 0 Å². The van der Waals surface area contributed by atoms with Crippen molar-refractivity contribution in [1.29, 1.82) is 0 Å². The Morgan fingerprint density at radius 2 is 1.69 bits per heavy atom. The molecular weight excluding hydrogens is 342 g/mol. The van der Waals surface area contributed by atoms with Crippen LogP contribution in [0.4, 0.5) is 10.5 Å². The number of hydrogen-bond acceptors (Lipinski definition) is 7. The van der Waals surface area contributed by atoms with Crippen molar-refractivity contribution in [2.75, 3.05) is 6.61 Å². The van der Waals surface area contributed by atoms with Gasteiger partial charge in [0.05, 0.1) is 10.8 Å². The molecule has 2 aromatic carbocycles. The molecule has 2 rings (SSSR count). The highest BCUT2D eigenvalue weighted by atomic mass is 16.7. The summed E-state index contributed by atoms with van der Waals surface area (Å²) in [6.45, 7) is 1.49. The van der Waals surface area contributed by atoms with E-state index < -0.39 is 23.0 Å². The molecule has 0 amide bonds. The molecule has 8 heteroatoms. The molecule has 1 atom stereocenters. The fourth-order valence-electron chi connectivity index (χ4n) is 1.89. The van der Waals surface area contributed by atoms with E-state index in [0.717, 1.165) is 5.56 Å². The van der Waals surface area contributed by atoms with Crippen LogP contribution in [0.2, 0.25) is 0 Å². The number of nitro benzene ring substituents is 1. The van der Waals surface area contributed by atoms with E-state index in [2.05, 4.69) is 0 Å². The average molecular weight is 359 g/mol. The van der Waals surface area contributed by atoms with Crippen LogP contribution in [0.15, 0.2) is 54.6 Å². The van der Waals surface area contributed by atoms with Crippen molar-refractivity contribution in [3.05, 3.63) is 70.3 Å². The summed E-state index contributed by atoms with van der Waals surface area (Å²) in [5.74, 6) is -1.07. The van der Waals surface area contributed by atoms with Gasteiger partial charge < -0.3 is 14.2 Å². The number of esters is 1. The van der Waals surface area contributed by atoms with Crippen LogP contribution in [-0.2, 0) is 20.9 Å². The van der Waals surface area contributed by atoms with Gasteiger partial charge in [0.1, 0.15) is 19.0 Å². The number of rotatable bonds is 7. The molecule has 0 bridgehead atoms. The van der Waals surface area contributed by atoms with Crippen LogP contribution in [0.5, 0.6) is 5.75 Å². The largest absolute Gasteiger partial charge is 0.513 e. The summed E-state index contributed by atoms with van der Waals surface area (Å²) in [6, 6.07) is 14.1. The second kappa shape index (κ2) is 9.16. The fourth-order valence-corrected chi connectivity index (χ4v) is 1.89. The van der Waals surface area contributed by atoms with Crippen molar-refractivity contribution in [3.8, 4) is 5.75 Å². The summed E-state index contributed by atoms with van der Waals surface area (Å²) in [5.41, 5.74) is 0.729. The maximum Gasteiger partial charge on any atom is 0.513 e. The van der Waals surface area contributed by atoms with E-state index in [1.165, 1.54) is 24.3 Å². The molecule has 0 unspecified atom stereocenters. The third kappa shape index (κ3) is 5.90. The summed E-state index contributed by atoms with van der Waals surface area (Å²) in [5, 5.41) is 10.5. The molecule has 0 spiro atoms. The molecule has 2 aromatic rings. The predicted octanol–water partition coefficient (Wildman–Crippen LogP) is 3.49. The second-order valence-electron chi connectivity index (χ2n) is 5.41. The Bertz CT molecular complexity index is 759. The molecule has 0 radical (unpaired) electrons. The normalized spacial score (nSPS) is 11.3. The SMILES string of the molecule is C[C@@H](COC(=O)Oc1ccc([N+](=O)[O-])cc1)C(=O)OCc1ccccc1. The van der Waals surface area contributed by atoms with Crippen LogP contribution in [0.25, 0.3) is 0 Å². The number of benzene rings is 2. The van der Waals surface area contributed by atoms with Crippen molar-refractivity contribution in [2.45, 2.75) is 13.5 Å². The highest BCUT2D eigenvalue weighted by molar-refractivity contribution is 5.72. The topological polar surface area (TPSA) is 105 Å². The van der Waals surface area contributed by atoms with Gasteiger partial charge in [0.2, 0.25) is 0 Å². The summed E-state index contributed by atoms with van der Waals surface area (Å²) in [7, 11) is 0. The quantitative estimate of drug-likeness (QED) is 0.322. The minimum absolute atomic E-state index is 0.0971. The van der Waals surface area contributed by atoms with E-state index in [9.17, 15) is 19.7 Å². The smallest absolute Gasteiger partial charge is 0.461 e. The molecule has 136 valence electrons. The van der Waals surface area contributed by atoms with Gasteiger partial charge in [0, 0.05) is 12.1 Å². The molecule has 0 saturated heterocycles. The molecule has 0 heterocycles. The minimum atomic E-state index is -1.01. The first kappa shape index (κ1) is 18.9. The third-order valence-electron chi connectivity index (χ3n) is 3.33. The zero-order valence-electron chi connectivity index (χ0n) is 14.0. The van der Waals surface area contributed by atoms with Crippen LogP contribution in [0.3, 0.4) is 0 Å². The molecule has 0 aliphatic carbocycles. The zero-order chi connectivity index (χ0) is 18.9. The second-order valence-corrected chi connectivity index (χ2v) is 5.41. The van der Waals surface area contributed by atoms with Crippen molar-refractivity contribution in [1.82, 2.24) is 0 Å². The summed E-state index contributed by atoms with van der Waals surface area (Å²) in [4.78, 5) is 33.5. The van der Waals surface area contributed by atoms with Crippen LogP contribution in [0, 0.1) is 16.0 Å². The maximum atomic E-state index is 11.9. The maximum absolute atomic E-state index is 11.9. The van der Waals surface area contributed by atoms with Gasteiger partial charge in [-0.1, -0.05) is 30.3 Å². The molecule has 0 N–H and O–H groups in total. The van der Waals surface area contributed by atoms with E-state index in [-0.39, 0.29) is 24.7 Å². The first-order valence-electron chi connectivity index (χ1n) is 7.75. The van der Waals surface area contributed by atoms with Crippen LogP contribution >= 0.6 is 0 Å². The Balaban J connectivity index is 1.73. The zero-order valence-corrected chi connectivity index (χ0v) is 14.0. The van der Waals surface area contributed by atoms with E-state index in [1.54, 1.807) is 6.92 Å². The number of carbonyl (C=O) groups is 2. The number of hydrogen-bond donors (Lipinski definition) is 0. The van der Waals surface area contributed by atoms with Gasteiger partial charge in [-0.2, -0.15) is 0 Å². The molecule has 0 aliphatic heterocycles. The van der Waals surface area contributed by atoms with E-state index in [0.29, 0.717) is 0 Å². The summed E-state index contributed by atoms with van der Waals surface area (Å²) >= 11 is 0. The Morgan fingerprint density at radius 3 is 2.31 bits per heavy atom. The molecule has 0 aromatic heterocycles. The van der Waals surface area contributed by atoms with Crippen LogP contribution < -0.4 is 4.74 Å². The lowest BCUT2D eigenvalue weighted by Crippen LogP contribution is -2.23. The summed E-state index contributed by atoms with van der Waals surface area (Å²) in [6.07, 6.45) is -1.01. The number of non-ortho nitro benzene ring substituents is 1. The summed E-state index contributed by atoms with van der Waals surface area (Å²) < 4.78 is 14.9. The Labute approximate surface area is 149 Å². The number of nitrogens with zero attached hydrogens (tertiary/aromatic N) is 1. The van der Waals surface area contributed by atoms with Gasteiger partial charge in [0.15, 0.2) is 0 Å². The molecule has 0 aliphatic rings. The third-order valence-corrected chi connectivity index (χ3v) is 3.33. The number of nitro groups is 1. The lowest BCUT2D eigenvalue weighted by atomic mass is 10.2. The first-order chi connectivity index (χ1) is 12.5. The van der Waals surface area contributed by atoms with Crippen LogP contribution in [0.1, 0.15) is 12.5 Å². The molecule has 0 fully saturated rings. The van der Waals surface area contributed by atoms with Gasteiger partial charge in [-0.05, 0) is 24.6 Å². The molecule has 26 heavy (non-hydrogen) atoms. The lowest BCUT2D eigenvalue weighted by Gasteiger charge is -2.12. The fraction of sp³-hybridized carbons (Fsp3) is 0.222. The highest BCUT2D eigenvalue weighted by Crippen LogP contribution is 2.17. The van der Waals surface area contributed by atoms with E-state index >= 15 is 0 Å². The highest BCUT2D eigenvalue weighted by Gasteiger charge is 2.18. The number of ether oxygens (including phenoxy) is 3. The Morgan fingerprint density at radius 1 is 1.04 bits per heavy atom. The predicted molar refractivity (Wildman–Crippen MR) is 90.5 cm³/mol. The van der Waals surface area contributed by atoms with E-state index in [4.69, 9.17) is 14.2 Å². The van der Waals surface area contributed by atoms with Crippen molar-refractivity contribution < 1.29 is 28.7 Å². The first-order valence-corrected chi connectivity index (χ1v) is 7.75. The molecule has 8 nitrogen and oxygen atoms in total. The lowest BCUT2D eigenvalue weighted by molar-refractivity contribution is -0.384. The van der Waals surface area contributed by atoms with Gasteiger partial charge >= 0.3 is 12.1 Å². The Hall–Kier alpha value is -3.42. The van der Waals surface area contributed by atoms with E-state index in [1.807, 2.05) is 30.3 Å². The standard InChI is InChI=1S/C18H17NO7/c1-13(17(20)24-12-14-5-3-2-4-6-14)11-25-18(21)26-16-9-7-15(8-10-16)19(22)23/h2-10,13H,11-12H2,1H3/t13-/m0/s1. The molecule has 0 saturated carbocycles. The van der Waals surface area contributed by atoms with Crippen molar-refractivity contribution in [2.24, 2.45) is 5.92 Å². The Kier molecular flexibility index (Phi) is 6.67. The number of carbonyl (C=O) groups excluding carboxylic acids is 2. The van der Waals surface area contributed by atoms with Gasteiger partial charge in [0.25, 0.3) is 5.69 Å². The van der Waals surface area contributed by atoms with Gasteiger partial charge in [-0.25, -0.2) is 4.79 Å². The minimum Gasteiger partial charge on any atom is -0.461 e. The van der Waals surface area contributed by atoms with Crippen molar-refractivity contribution in [3.63, 3.8) is 0 Å². The monoisotopic (exact) mass is 359 g/mol. The van der Waals surface area contributed by atoms with Gasteiger partial charge in [-0.3, -0.25) is 14.9 Å². The molecular formula is C18H17NO7. The average Bonchev–Trinajstić information content (AvgIpc) is 2.65.